The van der Waals surface area contributed by atoms with Gasteiger partial charge in [-0.05, 0) is 30.7 Å². The minimum atomic E-state index is 0.503. The molecule has 0 atom stereocenters. The Hall–Kier alpha value is -1.94. The van der Waals surface area contributed by atoms with Gasteiger partial charge >= 0.3 is 0 Å². The molecule has 2 rings (SSSR count). The Morgan fingerprint density at radius 1 is 1.28 bits per heavy atom. The molecule has 0 unspecified atom stereocenters. The number of aromatic nitrogens is 2. The maximum absolute atomic E-state index is 5.76. The second-order valence-electron chi connectivity index (χ2n) is 4.37. The minimum Gasteiger partial charge on any atom is -0.370 e. The zero-order valence-corrected chi connectivity index (χ0v) is 10.8. The second kappa shape index (κ2) is 5.60. The van der Waals surface area contributed by atoms with Crippen LogP contribution in [0.2, 0.25) is 0 Å². The Bertz CT molecular complexity index is 510. The van der Waals surface area contributed by atoms with Crippen LogP contribution in [-0.2, 0) is 13.1 Å². The first-order chi connectivity index (χ1) is 8.70. The first kappa shape index (κ1) is 12.5. The molecule has 0 amide bonds. The SMILES string of the molecule is Cc1cc(N(C)Cc2ccncc2)c(CN)cn1. The third kappa shape index (κ3) is 2.84. The molecule has 0 aliphatic carbocycles. The van der Waals surface area contributed by atoms with E-state index in [1.807, 2.05) is 37.6 Å². The van der Waals surface area contributed by atoms with Gasteiger partial charge in [0, 0.05) is 55.7 Å². The third-order valence-corrected chi connectivity index (χ3v) is 2.90. The largest absolute Gasteiger partial charge is 0.370 e. The summed E-state index contributed by atoms with van der Waals surface area (Å²) in [6, 6.07) is 6.11. The Morgan fingerprint density at radius 2 is 2.00 bits per heavy atom. The first-order valence-corrected chi connectivity index (χ1v) is 5.96. The van der Waals surface area contributed by atoms with Gasteiger partial charge in [0.1, 0.15) is 0 Å². The summed E-state index contributed by atoms with van der Waals surface area (Å²) in [7, 11) is 2.06. The predicted octanol–water partition coefficient (Wildman–Crippen LogP) is 1.88. The topological polar surface area (TPSA) is 55.0 Å². The molecule has 0 saturated carbocycles. The van der Waals surface area contributed by atoms with Crippen molar-refractivity contribution < 1.29 is 0 Å². The molecule has 2 aromatic rings. The van der Waals surface area contributed by atoms with E-state index in [1.165, 1.54) is 5.56 Å². The van der Waals surface area contributed by atoms with Gasteiger partial charge in [-0.25, -0.2) is 0 Å². The molecular formula is C14H18N4. The number of nitrogens with two attached hydrogens (primary N) is 1. The van der Waals surface area contributed by atoms with Crippen molar-refractivity contribution in [1.82, 2.24) is 9.97 Å². The van der Waals surface area contributed by atoms with Crippen LogP contribution in [0.1, 0.15) is 16.8 Å². The molecule has 4 heteroatoms. The summed E-state index contributed by atoms with van der Waals surface area (Å²) < 4.78 is 0. The lowest BCUT2D eigenvalue weighted by molar-refractivity contribution is 0.892. The van der Waals surface area contributed by atoms with Gasteiger partial charge in [0.15, 0.2) is 0 Å². The lowest BCUT2D eigenvalue weighted by Gasteiger charge is -2.22. The van der Waals surface area contributed by atoms with Crippen molar-refractivity contribution in [2.75, 3.05) is 11.9 Å². The van der Waals surface area contributed by atoms with E-state index < -0.39 is 0 Å². The van der Waals surface area contributed by atoms with Gasteiger partial charge in [-0.2, -0.15) is 0 Å². The molecule has 18 heavy (non-hydrogen) atoms. The summed E-state index contributed by atoms with van der Waals surface area (Å²) in [6.07, 6.45) is 5.48. The van der Waals surface area contributed by atoms with Crippen molar-refractivity contribution in [2.45, 2.75) is 20.0 Å². The standard InChI is InChI=1S/C14H18N4/c1-11-7-14(13(8-15)9-17-11)18(2)10-12-3-5-16-6-4-12/h3-7,9H,8,10,15H2,1-2H3. The average molecular weight is 242 g/mol. The molecule has 0 saturated heterocycles. The summed E-state index contributed by atoms with van der Waals surface area (Å²) in [4.78, 5) is 10.5. The Morgan fingerprint density at radius 3 is 2.67 bits per heavy atom. The van der Waals surface area contributed by atoms with E-state index in [0.717, 1.165) is 23.5 Å². The molecule has 0 spiro atoms. The van der Waals surface area contributed by atoms with Crippen LogP contribution in [0.3, 0.4) is 0 Å². The molecule has 0 aromatic carbocycles. The number of anilines is 1. The summed E-state index contributed by atoms with van der Waals surface area (Å²) >= 11 is 0. The molecule has 2 N–H and O–H groups in total. The molecule has 0 radical (unpaired) electrons. The van der Waals surface area contributed by atoms with Gasteiger partial charge < -0.3 is 10.6 Å². The molecule has 0 aliphatic rings. The van der Waals surface area contributed by atoms with Crippen molar-refractivity contribution in [1.29, 1.82) is 0 Å². The monoisotopic (exact) mass is 242 g/mol. The van der Waals surface area contributed by atoms with E-state index in [-0.39, 0.29) is 0 Å². The Balaban J connectivity index is 2.23. The van der Waals surface area contributed by atoms with Crippen LogP contribution in [0.15, 0.2) is 36.8 Å². The highest BCUT2D eigenvalue weighted by Gasteiger charge is 2.08. The highest BCUT2D eigenvalue weighted by atomic mass is 15.1. The highest BCUT2D eigenvalue weighted by molar-refractivity contribution is 5.53. The van der Waals surface area contributed by atoms with Crippen molar-refractivity contribution in [3.8, 4) is 0 Å². The van der Waals surface area contributed by atoms with Gasteiger partial charge in [0.05, 0.1) is 0 Å². The summed E-state index contributed by atoms with van der Waals surface area (Å²) in [5.74, 6) is 0. The van der Waals surface area contributed by atoms with Crippen LogP contribution in [0, 0.1) is 6.92 Å². The van der Waals surface area contributed by atoms with Crippen LogP contribution >= 0.6 is 0 Å². The number of hydrogen-bond acceptors (Lipinski definition) is 4. The zero-order chi connectivity index (χ0) is 13.0. The molecule has 0 fully saturated rings. The summed E-state index contributed by atoms with van der Waals surface area (Å²) in [6.45, 7) is 3.33. The maximum Gasteiger partial charge on any atom is 0.0445 e. The van der Waals surface area contributed by atoms with E-state index in [2.05, 4.69) is 28.0 Å². The number of aryl methyl sites for hydroxylation is 1. The fourth-order valence-electron chi connectivity index (χ4n) is 1.93. The molecule has 2 heterocycles. The quantitative estimate of drug-likeness (QED) is 0.889. The molecule has 0 aliphatic heterocycles. The Labute approximate surface area is 107 Å². The average Bonchev–Trinajstić information content (AvgIpc) is 2.40. The molecule has 0 bridgehead atoms. The number of nitrogens with zero attached hydrogens (tertiary/aromatic N) is 3. The molecule has 94 valence electrons. The van der Waals surface area contributed by atoms with E-state index >= 15 is 0 Å². The van der Waals surface area contributed by atoms with E-state index in [9.17, 15) is 0 Å². The fraction of sp³-hybridized carbons (Fsp3) is 0.286. The van der Waals surface area contributed by atoms with Crippen LogP contribution in [-0.4, -0.2) is 17.0 Å². The smallest absolute Gasteiger partial charge is 0.0445 e. The van der Waals surface area contributed by atoms with E-state index in [4.69, 9.17) is 5.73 Å². The zero-order valence-electron chi connectivity index (χ0n) is 10.8. The highest BCUT2D eigenvalue weighted by Crippen LogP contribution is 2.21. The molecule has 2 aromatic heterocycles. The summed E-state index contributed by atoms with van der Waals surface area (Å²) in [5, 5.41) is 0. The van der Waals surface area contributed by atoms with Crippen molar-refractivity contribution >= 4 is 5.69 Å². The van der Waals surface area contributed by atoms with E-state index in [1.54, 1.807) is 0 Å². The fourth-order valence-corrected chi connectivity index (χ4v) is 1.93. The van der Waals surface area contributed by atoms with Crippen molar-refractivity contribution in [3.05, 3.63) is 53.6 Å². The third-order valence-electron chi connectivity index (χ3n) is 2.90. The molecular weight excluding hydrogens is 224 g/mol. The lowest BCUT2D eigenvalue weighted by Crippen LogP contribution is -2.19. The lowest BCUT2D eigenvalue weighted by atomic mass is 10.1. The van der Waals surface area contributed by atoms with Crippen LogP contribution < -0.4 is 10.6 Å². The summed E-state index contributed by atoms with van der Waals surface area (Å²) in [5.41, 5.74) is 10.2. The maximum atomic E-state index is 5.76. The van der Waals surface area contributed by atoms with Crippen molar-refractivity contribution in [3.63, 3.8) is 0 Å². The number of pyridine rings is 2. The van der Waals surface area contributed by atoms with Crippen LogP contribution in [0.4, 0.5) is 5.69 Å². The first-order valence-electron chi connectivity index (χ1n) is 5.96. The van der Waals surface area contributed by atoms with Crippen LogP contribution in [0.25, 0.3) is 0 Å². The van der Waals surface area contributed by atoms with Gasteiger partial charge in [-0.1, -0.05) is 0 Å². The van der Waals surface area contributed by atoms with Gasteiger partial charge in [0.2, 0.25) is 0 Å². The van der Waals surface area contributed by atoms with Crippen LogP contribution in [0.5, 0.6) is 0 Å². The number of rotatable bonds is 4. The van der Waals surface area contributed by atoms with Crippen molar-refractivity contribution in [2.24, 2.45) is 5.73 Å². The Kier molecular flexibility index (Phi) is 3.89. The number of hydrogen-bond donors (Lipinski definition) is 1. The minimum absolute atomic E-state index is 0.503. The van der Waals surface area contributed by atoms with Gasteiger partial charge in [0.25, 0.3) is 0 Å². The van der Waals surface area contributed by atoms with Gasteiger partial charge in [-0.15, -0.1) is 0 Å². The molecule has 4 nitrogen and oxygen atoms in total. The second-order valence-corrected chi connectivity index (χ2v) is 4.37. The predicted molar refractivity (Wildman–Crippen MR) is 73.2 cm³/mol. The van der Waals surface area contributed by atoms with E-state index in [0.29, 0.717) is 6.54 Å². The van der Waals surface area contributed by atoms with Gasteiger partial charge in [-0.3, -0.25) is 9.97 Å². The normalized spacial score (nSPS) is 10.4.